The van der Waals surface area contributed by atoms with Crippen molar-refractivity contribution in [2.75, 3.05) is 0 Å². The Hall–Kier alpha value is -2.42. The van der Waals surface area contributed by atoms with E-state index in [0.29, 0.717) is 0 Å². The van der Waals surface area contributed by atoms with Crippen LogP contribution in [0.1, 0.15) is 50.4 Å². The van der Waals surface area contributed by atoms with Crippen molar-refractivity contribution in [2.45, 2.75) is 39.2 Å². The van der Waals surface area contributed by atoms with Crippen molar-refractivity contribution in [2.24, 2.45) is 0 Å². The number of nitrogens with one attached hydrogen (secondary N) is 1. The molecule has 126 valence electrons. The highest BCUT2D eigenvalue weighted by Crippen LogP contribution is 2.22. The van der Waals surface area contributed by atoms with Crippen LogP contribution in [-0.4, -0.2) is 5.91 Å². The van der Waals surface area contributed by atoms with Crippen molar-refractivity contribution < 1.29 is 9.18 Å². The number of halogens is 1. The van der Waals surface area contributed by atoms with Gasteiger partial charge in [-0.2, -0.15) is 0 Å². The Morgan fingerprint density at radius 2 is 1.62 bits per heavy atom. The Balaban J connectivity index is 1.96. The topological polar surface area (TPSA) is 29.1 Å². The minimum atomic E-state index is -0.282. The summed E-state index contributed by atoms with van der Waals surface area (Å²) in [5.41, 5.74) is 3.22. The average molecular weight is 325 g/mol. The molecule has 0 aliphatic rings. The summed E-state index contributed by atoms with van der Waals surface area (Å²) in [7, 11) is 0. The Morgan fingerprint density at radius 3 is 2.17 bits per heavy atom. The standard InChI is InChI=1S/C21H24FNO/c1-15(17-8-12-19(22)13-9-17)23-20(24)14-7-16-5-10-18(11-6-16)21(2,3)4/h5-15H,1-4H3,(H,23,24)/b14-7+/t15-/m0/s1. The molecular weight excluding hydrogens is 301 g/mol. The van der Waals surface area contributed by atoms with Crippen LogP contribution in [0.3, 0.4) is 0 Å². The summed E-state index contributed by atoms with van der Waals surface area (Å²) in [5.74, 6) is -0.456. The molecule has 2 rings (SSSR count). The van der Waals surface area contributed by atoms with Gasteiger partial charge in [0.1, 0.15) is 5.82 Å². The number of hydrogen-bond acceptors (Lipinski definition) is 1. The van der Waals surface area contributed by atoms with Crippen LogP contribution in [0.2, 0.25) is 0 Å². The van der Waals surface area contributed by atoms with Crippen LogP contribution in [0.5, 0.6) is 0 Å². The van der Waals surface area contributed by atoms with E-state index in [0.717, 1.165) is 11.1 Å². The molecule has 24 heavy (non-hydrogen) atoms. The third kappa shape index (κ3) is 5.05. The minimum absolute atomic E-state index is 0.115. The zero-order valence-corrected chi connectivity index (χ0v) is 14.6. The minimum Gasteiger partial charge on any atom is -0.346 e. The zero-order chi connectivity index (χ0) is 17.7. The maximum Gasteiger partial charge on any atom is 0.244 e. The van der Waals surface area contributed by atoms with Gasteiger partial charge in [0.05, 0.1) is 6.04 Å². The Labute approximate surface area is 143 Å². The van der Waals surface area contributed by atoms with E-state index in [1.165, 1.54) is 23.8 Å². The van der Waals surface area contributed by atoms with Crippen molar-refractivity contribution in [3.05, 3.63) is 77.1 Å². The number of benzene rings is 2. The first-order chi connectivity index (χ1) is 11.3. The second-order valence-corrected chi connectivity index (χ2v) is 6.99. The zero-order valence-electron chi connectivity index (χ0n) is 14.6. The van der Waals surface area contributed by atoms with Crippen LogP contribution in [0.15, 0.2) is 54.6 Å². The number of amides is 1. The molecule has 0 aliphatic heterocycles. The summed E-state index contributed by atoms with van der Waals surface area (Å²) in [6.45, 7) is 8.38. The quantitative estimate of drug-likeness (QED) is 0.786. The van der Waals surface area contributed by atoms with E-state index in [-0.39, 0.29) is 23.2 Å². The summed E-state index contributed by atoms with van der Waals surface area (Å²) in [4.78, 5) is 12.0. The van der Waals surface area contributed by atoms with E-state index in [1.54, 1.807) is 18.2 Å². The SMILES string of the molecule is C[C@H](NC(=O)/C=C/c1ccc(C(C)(C)C)cc1)c1ccc(F)cc1. The van der Waals surface area contributed by atoms with Crippen LogP contribution >= 0.6 is 0 Å². The van der Waals surface area contributed by atoms with Crippen molar-refractivity contribution in [1.82, 2.24) is 5.32 Å². The Kier molecular flexibility index (Phi) is 5.55. The molecule has 0 heterocycles. The van der Waals surface area contributed by atoms with E-state index < -0.39 is 0 Å². The van der Waals surface area contributed by atoms with Gasteiger partial charge < -0.3 is 5.32 Å². The third-order valence-corrected chi connectivity index (χ3v) is 3.93. The molecule has 0 fully saturated rings. The number of hydrogen-bond donors (Lipinski definition) is 1. The van der Waals surface area contributed by atoms with Crippen molar-refractivity contribution in [1.29, 1.82) is 0 Å². The number of carbonyl (C=O) groups excluding carboxylic acids is 1. The lowest BCUT2D eigenvalue weighted by Gasteiger charge is -2.18. The van der Waals surface area contributed by atoms with E-state index in [1.807, 2.05) is 19.1 Å². The van der Waals surface area contributed by atoms with Crippen LogP contribution in [0.4, 0.5) is 4.39 Å². The molecule has 2 aromatic rings. The van der Waals surface area contributed by atoms with E-state index in [9.17, 15) is 9.18 Å². The molecule has 2 aromatic carbocycles. The van der Waals surface area contributed by atoms with E-state index in [2.05, 4.69) is 38.2 Å². The van der Waals surface area contributed by atoms with Gasteiger partial charge in [-0.15, -0.1) is 0 Å². The highest BCUT2D eigenvalue weighted by Gasteiger charge is 2.12. The highest BCUT2D eigenvalue weighted by molar-refractivity contribution is 5.91. The van der Waals surface area contributed by atoms with Gasteiger partial charge in [-0.1, -0.05) is 57.2 Å². The van der Waals surface area contributed by atoms with Gasteiger partial charge in [-0.05, 0) is 47.2 Å². The van der Waals surface area contributed by atoms with Crippen molar-refractivity contribution in [3.8, 4) is 0 Å². The largest absolute Gasteiger partial charge is 0.346 e. The molecule has 0 bridgehead atoms. The lowest BCUT2D eigenvalue weighted by atomic mass is 9.87. The van der Waals surface area contributed by atoms with Crippen molar-refractivity contribution in [3.63, 3.8) is 0 Å². The van der Waals surface area contributed by atoms with Crippen LogP contribution in [-0.2, 0) is 10.2 Å². The smallest absolute Gasteiger partial charge is 0.244 e. The molecule has 1 amide bonds. The van der Waals surface area contributed by atoms with Gasteiger partial charge in [-0.3, -0.25) is 4.79 Å². The predicted molar refractivity (Wildman–Crippen MR) is 97.1 cm³/mol. The molecule has 0 saturated carbocycles. The van der Waals surface area contributed by atoms with E-state index >= 15 is 0 Å². The molecule has 0 saturated heterocycles. The predicted octanol–water partition coefficient (Wildman–Crippen LogP) is 5.01. The maximum atomic E-state index is 12.9. The van der Waals surface area contributed by atoms with E-state index in [4.69, 9.17) is 0 Å². The Bertz CT molecular complexity index is 709. The summed E-state index contributed by atoms with van der Waals surface area (Å²) in [6, 6.07) is 14.1. The second kappa shape index (κ2) is 7.43. The fourth-order valence-electron chi connectivity index (χ4n) is 2.36. The van der Waals surface area contributed by atoms with Gasteiger partial charge in [0, 0.05) is 6.08 Å². The first kappa shape index (κ1) is 17.9. The molecule has 0 aliphatic carbocycles. The summed E-state index contributed by atoms with van der Waals surface area (Å²) < 4.78 is 12.9. The van der Waals surface area contributed by atoms with Gasteiger partial charge >= 0.3 is 0 Å². The first-order valence-electron chi connectivity index (χ1n) is 8.10. The molecule has 0 radical (unpaired) electrons. The molecule has 0 spiro atoms. The van der Waals surface area contributed by atoms with Crippen LogP contribution in [0.25, 0.3) is 6.08 Å². The first-order valence-corrected chi connectivity index (χ1v) is 8.10. The maximum absolute atomic E-state index is 12.9. The molecule has 2 nitrogen and oxygen atoms in total. The summed E-state index contributed by atoms with van der Waals surface area (Å²) >= 11 is 0. The van der Waals surface area contributed by atoms with Gasteiger partial charge in [0.2, 0.25) is 5.91 Å². The number of rotatable bonds is 4. The second-order valence-electron chi connectivity index (χ2n) is 6.99. The Morgan fingerprint density at radius 1 is 1.04 bits per heavy atom. The highest BCUT2D eigenvalue weighted by atomic mass is 19.1. The normalized spacial score (nSPS) is 13.0. The van der Waals surface area contributed by atoms with Gasteiger partial charge in [-0.25, -0.2) is 4.39 Å². The molecular formula is C21H24FNO. The molecule has 0 aromatic heterocycles. The van der Waals surface area contributed by atoms with Crippen LogP contribution < -0.4 is 5.32 Å². The lowest BCUT2D eigenvalue weighted by Crippen LogP contribution is -2.24. The fraction of sp³-hybridized carbons (Fsp3) is 0.286. The average Bonchev–Trinajstić information content (AvgIpc) is 2.53. The fourth-order valence-corrected chi connectivity index (χ4v) is 2.36. The monoisotopic (exact) mass is 325 g/mol. The molecule has 0 unspecified atom stereocenters. The number of carbonyl (C=O) groups is 1. The molecule has 1 N–H and O–H groups in total. The lowest BCUT2D eigenvalue weighted by molar-refractivity contribution is -0.117. The summed E-state index contributed by atoms with van der Waals surface area (Å²) in [5, 5.41) is 2.87. The van der Waals surface area contributed by atoms with Gasteiger partial charge in [0.15, 0.2) is 0 Å². The van der Waals surface area contributed by atoms with Gasteiger partial charge in [0.25, 0.3) is 0 Å². The van der Waals surface area contributed by atoms with Crippen LogP contribution in [0, 0.1) is 5.82 Å². The summed E-state index contributed by atoms with van der Waals surface area (Å²) in [6.07, 6.45) is 3.31. The molecule has 1 atom stereocenters. The molecule has 3 heteroatoms. The van der Waals surface area contributed by atoms with Crippen molar-refractivity contribution >= 4 is 12.0 Å². The third-order valence-electron chi connectivity index (χ3n) is 3.93.